The van der Waals surface area contributed by atoms with Crippen molar-refractivity contribution in [2.75, 3.05) is 6.61 Å². The largest absolute Gasteiger partial charge is 0.479 e. The number of nitriles is 1. The quantitative estimate of drug-likeness (QED) is 0.461. The molecule has 0 bridgehead atoms. The molecule has 0 N–H and O–H groups in total. The molecule has 0 saturated carbocycles. The van der Waals surface area contributed by atoms with Crippen LogP contribution in [0.1, 0.15) is 15.9 Å². The zero-order chi connectivity index (χ0) is 18.2. The van der Waals surface area contributed by atoms with Crippen molar-refractivity contribution in [2.24, 2.45) is 0 Å². The second-order valence-electron chi connectivity index (χ2n) is 5.66. The minimum atomic E-state index is -0.0797. The van der Waals surface area contributed by atoms with Crippen LogP contribution in [0.4, 0.5) is 0 Å². The Balaban J connectivity index is 1.65. The average Bonchev–Trinajstić information content (AvgIpc) is 2.72. The molecule has 0 saturated heterocycles. The molecule has 0 aliphatic carbocycles. The third kappa shape index (κ3) is 4.46. The van der Waals surface area contributed by atoms with E-state index in [0.717, 1.165) is 16.7 Å². The number of hydrogen-bond donors (Lipinski definition) is 0. The molecule has 0 unspecified atom stereocenters. The van der Waals surface area contributed by atoms with Gasteiger partial charge in [0.1, 0.15) is 11.8 Å². The first-order valence-electron chi connectivity index (χ1n) is 8.24. The topological polar surface area (TPSA) is 50.1 Å². The van der Waals surface area contributed by atoms with E-state index in [0.29, 0.717) is 11.3 Å². The van der Waals surface area contributed by atoms with Gasteiger partial charge in [0.05, 0.1) is 0 Å². The minimum absolute atomic E-state index is 0.00777. The molecule has 0 heterocycles. The average molecular weight is 339 g/mol. The van der Waals surface area contributed by atoms with E-state index in [4.69, 9.17) is 10.00 Å². The smallest absolute Gasteiger partial charge is 0.185 e. The third-order valence-corrected chi connectivity index (χ3v) is 3.89. The Morgan fingerprint density at radius 1 is 0.885 bits per heavy atom. The maximum atomic E-state index is 12.3. The van der Waals surface area contributed by atoms with Gasteiger partial charge in [-0.05, 0) is 47.0 Å². The van der Waals surface area contributed by atoms with Crippen molar-refractivity contribution in [3.05, 3.63) is 96.1 Å². The number of carbonyl (C=O) groups excluding carboxylic acids is 1. The fraction of sp³-hybridized carbons (Fsp3) is 0.0435. The maximum absolute atomic E-state index is 12.3. The first-order valence-corrected chi connectivity index (χ1v) is 8.24. The Bertz CT molecular complexity index is 934. The van der Waals surface area contributed by atoms with Crippen LogP contribution in [0.15, 0.2) is 84.9 Å². The van der Waals surface area contributed by atoms with Gasteiger partial charge in [0.2, 0.25) is 0 Å². The van der Waals surface area contributed by atoms with Crippen LogP contribution in [0.25, 0.3) is 17.2 Å². The van der Waals surface area contributed by atoms with E-state index in [-0.39, 0.29) is 12.4 Å². The Kier molecular flexibility index (Phi) is 5.59. The lowest BCUT2D eigenvalue weighted by atomic mass is 10.0. The van der Waals surface area contributed by atoms with Crippen molar-refractivity contribution in [3.8, 4) is 22.9 Å². The normalized spacial score (nSPS) is 10.4. The number of benzene rings is 3. The van der Waals surface area contributed by atoms with Gasteiger partial charge in [0.25, 0.3) is 0 Å². The predicted molar refractivity (Wildman–Crippen MR) is 103 cm³/mol. The van der Waals surface area contributed by atoms with E-state index in [1.165, 1.54) is 0 Å². The molecule has 0 fully saturated rings. The van der Waals surface area contributed by atoms with E-state index in [1.807, 2.05) is 48.5 Å². The number of hydrogen-bond acceptors (Lipinski definition) is 3. The molecule has 0 atom stereocenters. The van der Waals surface area contributed by atoms with Crippen LogP contribution >= 0.6 is 0 Å². The highest BCUT2D eigenvalue weighted by Gasteiger charge is 2.02. The van der Waals surface area contributed by atoms with Crippen LogP contribution in [0.3, 0.4) is 0 Å². The number of nitrogens with zero attached hydrogens (tertiary/aromatic N) is 1. The molecule has 26 heavy (non-hydrogen) atoms. The summed E-state index contributed by atoms with van der Waals surface area (Å²) in [6, 6.07) is 26.9. The second-order valence-corrected chi connectivity index (χ2v) is 5.66. The van der Waals surface area contributed by atoms with Crippen molar-refractivity contribution in [3.63, 3.8) is 0 Å². The maximum Gasteiger partial charge on any atom is 0.185 e. The molecule has 3 rings (SSSR count). The number of ketones is 1. The van der Waals surface area contributed by atoms with Gasteiger partial charge in [-0.3, -0.25) is 4.79 Å². The second kappa shape index (κ2) is 8.46. The molecule has 3 aromatic carbocycles. The van der Waals surface area contributed by atoms with Crippen molar-refractivity contribution in [1.82, 2.24) is 0 Å². The molecule has 3 nitrogen and oxygen atoms in total. The first kappa shape index (κ1) is 17.2. The van der Waals surface area contributed by atoms with Gasteiger partial charge >= 0.3 is 0 Å². The Labute approximate surface area is 152 Å². The monoisotopic (exact) mass is 339 g/mol. The molecule has 3 aromatic rings. The summed E-state index contributed by atoms with van der Waals surface area (Å²) in [6.07, 6.45) is 3.36. The zero-order valence-electron chi connectivity index (χ0n) is 14.1. The van der Waals surface area contributed by atoms with Gasteiger partial charge in [-0.25, -0.2) is 0 Å². The molecule has 3 heteroatoms. The van der Waals surface area contributed by atoms with Crippen molar-refractivity contribution < 1.29 is 9.53 Å². The molecule has 0 radical (unpaired) electrons. The summed E-state index contributed by atoms with van der Waals surface area (Å²) in [6.45, 7) is -0.00777. The summed E-state index contributed by atoms with van der Waals surface area (Å²) in [5.74, 6) is 0.493. The zero-order valence-corrected chi connectivity index (χ0v) is 14.1. The van der Waals surface area contributed by atoms with Crippen LogP contribution in [-0.2, 0) is 0 Å². The highest BCUT2D eigenvalue weighted by atomic mass is 16.5. The van der Waals surface area contributed by atoms with E-state index in [9.17, 15) is 4.79 Å². The van der Waals surface area contributed by atoms with E-state index >= 15 is 0 Å². The lowest BCUT2D eigenvalue weighted by molar-refractivity contribution is 0.104. The summed E-state index contributed by atoms with van der Waals surface area (Å²) in [5.41, 5.74) is 3.85. The van der Waals surface area contributed by atoms with Gasteiger partial charge in [0, 0.05) is 5.56 Å². The molecule has 0 amide bonds. The molecule has 126 valence electrons. The van der Waals surface area contributed by atoms with Crippen LogP contribution in [0.2, 0.25) is 0 Å². The Hall–Kier alpha value is -3.64. The number of carbonyl (C=O) groups is 1. The molecule has 0 spiro atoms. The van der Waals surface area contributed by atoms with Gasteiger partial charge in [-0.1, -0.05) is 60.7 Å². The summed E-state index contributed by atoms with van der Waals surface area (Å²) in [4.78, 5) is 12.3. The standard InChI is InChI=1S/C23H17NO2/c24-16-17-26-22-13-11-21(12-14-22)23(25)15-8-18-6-9-20(10-7-18)19-4-2-1-3-5-19/h1-15H,17H2/b15-8+. The van der Waals surface area contributed by atoms with Crippen LogP contribution in [0.5, 0.6) is 5.75 Å². The van der Waals surface area contributed by atoms with Crippen molar-refractivity contribution in [1.29, 1.82) is 5.26 Å². The molecule has 0 aromatic heterocycles. The van der Waals surface area contributed by atoms with Crippen LogP contribution < -0.4 is 4.74 Å². The highest BCUT2D eigenvalue weighted by Crippen LogP contribution is 2.20. The number of ether oxygens (including phenoxy) is 1. The first-order chi connectivity index (χ1) is 12.8. The predicted octanol–water partition coefficient (Wildman–Crippen LogP) is 5.15. The van der Waals surface area contributed by atoms with Crippen LogP contribution in [-0.4, -0.2) is 12.4 Å². The van der Waals surface area contributed by atoms with Gasteiger partial charge in [-0.2, -0.15) is 5.26 Å². The van der Waals surface area contributed by atoms with Crippen molar-refractivity contribution in [2.45, 2.75) is 0 Å². The summed E-state index contributed by atoms with van der Waals surface area (Å²) in [7, 11) is 0. The SMILES string of the molecule is N#CCOc1ccc(C(=O)/C=C/c2ccc(-c3ccccc3)cc2)cc1. The van der Waals surface area contributed by atoms with Crippen LogP contribution in [0, 0.1) is 11.3 Å². The van der Waals surface area contributed by atoms with Gasteiger partial charge < -0.3 is 4.74 Å². The Morgan fingerprint density at radius 2 is 1.54 bits per heavy atom. The lowest BCUT2D eigenvalue weighted by Gasteiger charge is -2.02. The highest BCUT2D eigenvalue weighted by molar-refractivity contribution is 6.06. The van der Waals surface area contributed by atoms with E-state index in [2.05, 4.69) is 12.1 Å². The van der Waals surface area contributed by atoms with Crippen molar-refractivity contribution >= 4 is 11.9 Å². The van der Waals surface area contributed by atoms with E-state index < -0.39 is 0 Å². The Morgan fingerprint density at radius 3 is 2.19 bits per heavy atom. The molecular weight excluding hydrogens is 322 g/mol. The number of allylic oxidation sites excluding steroid dienone is 1. The third-order valence-electron chi connectivity index (χ3n) is 3.89. The minimum Gasteiger partial charge on any atom is -0.479 e. The fourth-order valence-corrected chi connectivity index (χ4v) is 2.52. The summed E-state index contributed by atoms with van der Waals surface area (Å²) in [5, 5.41) is 8.49. The molecule has 0 aliphatic rings. The molecule has 0 aliphatic heterocycles. The molecular formula is C23H17NO2. The number of rotatable bonds is 6. The fourth-order valence-electron chi connectivity index (χ4n) is 2.52. The van der Waals surface area contributed by atoms with Gasteiger partial charge in [0.15, 0.2) is 12.4 Å². The summed E-state index contributed by atoms with van der Waals surface area (Å²) < 4.78 is 5.18. The van der Waals surface area contributed by atoms with E-state index in [1.54, 1.807) is 36.4 Å². The lowest BCUT2D eigenvalue weighted by Crippen LogP contribution is -1.96. The van der Waals surface area contributed by atoms with Gasteiger partial charge in [-0.15, -0.1) is 0 Å². The summed E-state index contributed by atoms with van der Waals surface area (Å²) >= 11 is 0.